The molecule has 5 nitrogen and oxygen atoms in total. The Morgan fingerprint density at radius 2 is 1.67 bits per heavy atom. The Hall–Kier alpha value is -1.89. The number of hydrogen-bond acceptors (Lipinski definition) is 3. The lowest BCUT2D eigenvalue weighted by Gasteiger charge is -2.18. The number of rotatable bonds is 7. The third-order valence-corrected chi connectivity index (χ3v) is 7.18. The van der Waals surface area contributed by atoms with Crippen LogP contribution < -0.4 is 5.32 Å². The third kappa shape index (κ3) is 4.34. The van der Waals surface area contributed by atoms with Gasteiger partial charge in [-0.3, -0.25) is 4.79 Å². The number of nitrogens with zero attached hydrogens (tertiary/aromatic N) is 1. The predicted molar refractivity (Wildman–Crippen MR) is 107 cm³/mol. The summed E-state index contributed by atoms with van der Waals surface area (Å²) in [5.74, 6) is 0.108. The lowest BCUT2D eigenvalue weighted by molar-refractivity contribution is 0.0950. The molecule has 0 unspecified atom stereocenters. The zero-order valence-corrected chi connectivity index (χ0v) is 16.9. The van der Waals surface area contributed by atoms with Crippen LogP contribution in [0.3, 0.4) is 0 Å². The molecule has 2 atom stereocenters. The second-order valence-electron chi connectivity index (χ2n) is 6.59. The predicted octanol–water partition coefficient (Wildman–Crippen LogP) is 3.66. The normalized spacial score (nSPS) is 19.1. The average Bonchev–Trinajstić information content (AvgIpc) is 3.42. The molecule has 0 spiro atoms. The minimum atomic E-state index is -3.51. The van der Waals surface area contributed by atoms with Crippen molar-refractivity contribution in [3.05, 3.63) is 64.7 Å². The summed E-state index contributed by atoms with van der Waals surface area (Å²) in [6.45, 7) is 4.43. The van der Waals surface area contributed by atoms with Gasteiger partial charge in [-0.2, -0.15) is 4.31 Å². The molecule has 0 aliphatic heterocycles. The molecular formula is C20H23ClN2O3S. The minimum absolute atomic E-state index is 0.0951. The van der Waals surface area contributed by atoms with Gasteiger partial charge in [0.1, 0.15) is 0 Å². The van der Waals surface area contributed by atoms with Crippen LogP contribution in [-0.2, 0) is 10.0 Å². The summed E-state index contributed by atoms with van der Waals surface area (Å²) in [5, 5.41) is 3.70. The maximum Gasteiger partial charge on any atom is 0.251 e. The fourth-order valence-electron chi connectivity index (χ4n) is 3.18. The molecule has 1 N–H and O–H groups in total. The van der Waals surface area contributed by atoms with Gasteiger partial charge < -0.3 is 5.32 Å². The van der Waals surface area contributed by atoms with Crippen molar-refractivity contribution >= 4 is 27.5 Å². The van der Waals surface area contributed by atoms with E-state index in [-0.39, 0.29) is 16.8 Å². The molecule has 2 aromatic rings. The van der Waals surface area contributed by atoms with E-state index in [1.54, 1.807) is 26.0 Å². The maximum atomic E-state index is 12.5. The van der Waals surface area contributed by atoms with Crippen LogP contribution in [0.1, 0.15) is 42.1 Å². The van der Waals surface area contributed by atoms with E-state index in [0.717, 1.165) is 12.0 Å². The molecule has 1 fully saturated rings. The first-order valence-electron chi connectivity index (χ1n) is 9.03. The Balaban J connectivity index is 1.64. The highest BCUT2D eigenvalue weighted by Gasteiger charge is 2.39. The minimum Gasteiger partial charge on any atom is -0.349 e. The molecule has 0 heterocycles. The molecule has 0 aromatic heterocycles. The number of carbonyl (C=O) groups is 1. The molecule has 7 heteroatoms. The number of nitrogens with one attached hydrogen (secondary N) is 1. The van der Waals surface area contributed by atoms with Gasteiger partial charge in [-0.15, -0.1) is 0 Å². The van der Waals surface area contributed by atoms with Gasteiger partial charge in [-0.1, -0.05) is 37.6 Å². The third-order valence-electron chi connectivity index (χ3n) is 4.86. The van der Waals surface area contributed by atoms with Gasteiger partial charge in [0.2, 0.25) is 10.0 Å². The summed E-state index contributed by atoms with van der Waals surface area (Å²) in [6, 6.07) is 13.9. The quantitative estimate of drug-likeness (QED) is 0.763. The van der Waals surface area contributed by atoms with E-state index < -0.39 is 10.0 Å². The van der Waals surface area contributed by atoms with Crippen molar-refractivity contribution < 1.29 is 13.2 Å². The highest BCUT2D eigenvalue weighted by Crippen LogP contribution is 2.41. The van der Waals surface area contributed by atoms with Crippen molar-refractivity contribution in [2.45, 2.75) is 37.1 Å². The first kappa shape index (κ1) is 19.9. The SMILES string of the molecule is CCN(CC)S(=O)(=O)c1ccc(C(=O)N[C@@H]2C[C@H]2c2ccc(Cl)cc2)cc1. The van der Waals surface area contributed by atoms with E-state index in [0.29, 0.717) is 29.6 Å². The van der Waals surface area contributed by atoms with Crippen LogP contribution in [0, 0.1) is 0 Å². The molecule has 27 heavy (non-hydrogen) atoms. The van der Waals surface area contributed by atoms with E-state index in [1.807, 2.05) is 24.3 Å². The van der Waals surface area contributed by atoms with E-state index in [1.165, 1.54) is 16.4 Å². The zero-order valence-electron chi connectivity index (χ0n) is 15.4. The first-order valence-corrected chi connectivity index (χ1v) is 10.8. The Kier molecular flexibility index (Phi) is 5.89. The van der Waals surface area contributed by atoms with Crippen LogP contribution in [-0.4, -0.2) is 37.8 Å². The van der Waals surface area contributed by atoms with Gasteiger partial charge in [0.25, 0.3) is 5.91 Å². The van der Waals surface area contributed by atoms with Crippen molar-refractivity contribution in [3.8, 4) is 0 Å². The average molecular weight is 407 g/mol. The number of benzene rings is 2. The molecule has 1 aliphatic rings. The standard InChI is InChI=1S/C20H23ClN2O3S/c1-3-23(4-2)27(25,26)17-11-7-15(8-12-17)20(24)22-19-13-18(19)14-5-9-16(21)10-6-14/h5-12,18-19H,3-4,13H2,1-2H3,(H,22,24)/t18-,19+/m0/s1. The van der Waals surface area contributed by atoms with Gasteiger partial charge in [-0.05, 0) is 48.4 Å². The number of sulfonamides is 1. The highest BCUT2D eigenvalue weighted by atomic mass is 35.5. The van der Waals surface area contributed by atoms with E-state index in [4.69, 9.17) is 11.6 Å². The van der Waals surface area contributed by atoms with Gasteiger partial charge >= 0.3 is 0 Å². The zero-order chi connectivity index (χ0) is 19.6. The van der Waals surface area contributed by atoms with E-state index in [9.17, 15) is 13.2 Å². The molecule has 1 saturated carbocycles. The molecule has 0 radical (unpaired) electrons. The monoisotopic (exact) mass is 406 g/mol. The number of hydrogen-bond donors (Lipinski definition) is 1. The van der Waals surface area contributed by atoms with Crippen LogP contribution in [0.5, 0.6) is 0 Å². The topological polar surface area (TPSA) is 66.5 Å². The van der Waals surface area contributed by atoms with Gasteiger partial charge in [-0.25, -0.2) is 8.42 Å². The lowest BCUT2D eigenvalue weighted by atomic mass is 10.1. The second-order valence-corrected chi connectivity index (χ2v) is 8.96. The summed E-state index contributed by atoms with van der Waals surface area (Å²) in [4.78, 5) is 12.6. The molecule has 3 rings (SSSR count). The fraction of sp³-hybridized carbons (Fsp3) is 0.350. The van der Waals surface area contributed by atoms with Crippen LogP contribution >= 0.6 is 11.6 Å². The summed E-state index contributed by atoms with van der Waals surface area (Å²) < 4.78 is 26.4. The number of carbonyl (C=O) groups excluding carboxylic acids is 1. The highest BCUT2D eigenvalue weighted by molar-refractivity contribution is 7.89. The summed E-state index contributed by atoms with van der Waals surface area (Å²) in [5.41, 5.74) is 1.61. The Morgan fingerprint density at radius 3 is 2.22 bits per heavy atom. The van der Waals surface area contributed by atoms with Gasteiger partial charge in [0.05, 0.1) is 4.90 Å². The molecular weight excluding hydrogens is 384 g/mol. The van der Waals surface area contributed by atoms with Crippen LogP contribution in [0.15, 0.2) is 53.4 Å². The largest absolute Gasteiger partial charge is 0.349 e. The summed E-state index contributed by atoms with van der Waals surface area (Å²) >= 11 is 5.90. The van der Waals surface area contributed by atoms with Crippen LogP contribution in [0.4, 0.5) is 0 Å². The van der Waals surface area contributed by atoms with E-state index in [2.05, 4.69) is 5.32 Å². The first-order chi connectivity index (χ1) is 12.9. The Bertz CT molecular complexity index is 907. The lowest BCUT2D eigenvalue weighted by Crippen LogP contribution is -2.30. The van der Waals surface area contributed by atoms with Crippen molar-refractivity contribution in [2.75, 3.05) is 13.1 Å². The second kappa shape index (κ2) is 8.00. The number of amides is 1. The smallest absolute Gasteiger partial charge is 0.251 e. The number of halogens is 1. The molecule has 144 valence electrons. The van der Waals surface area contributed by atoms with Crippen molar-refractivity contribution in [3.63, 3.8) is 0 Å². The van der Waals surface area contributed by atoms with E-state index >= 15 is 0 Å². The fourth-order valence-corrected chi connectivity index (χ4v) is 4.76. The van der Waals surface area contributed by atoms with Gasteiger partial charge in [0.15, 0.2) is 0 Å². The Morgan fingerprint density at radius 1 is 1.07 bits per heavy atom. The van der Waals surface area contributed by atoms with Gasteiger partial charge in [0, 0.05) is 35.6 Å². The maximum absolute atomic E-state index is 12.5. The molecule has 0 saturated heterocycles. The molecule has 1 aliphatic carbocycles. The molecule has 1 amide bonds. The van der Waals surface area contributed by atoms with Crippen molar-refractivity contribution in [2.24, 2.45) is 0 Å². The van der Waals surface area contributed by atoms with Crippen molar-refractivity contribution in [1.82, 2.24) is 9.62 Å². The van der Waals surface area contributed by atoms with Crippen molar-refractivity contribution in [1.29, 1.82) is 0 Å². The Labute approximate surface area is 165 Å². The van der Waals surface area contributed by atoms with Crippen LogP contribution in [0.2, 0.25) is 5.02 Å². The molecule has 2 aromatic carbocycles. The summed E-state index contributed by atoms with van der Waals surface area (Å²) in [7, 11) is -3.51. The van der Waals surface area contributed by atoms with Crippen LogP contribution in [0.25, 0.3) is 0 Å². The molecule has 0 bridgehead atoms. The summed E-state index contributed by atoms with van der Waals surface area (Å²) in [6.07, 6.45) is 0.891.